The van der Waals surface area contributed by atoms with Crippen molar-refractivity contribution in [3.63, 3.8) is 0 Å². The van der Waals surface area contributed by atoms with Crippen LogP contribution in [0.4, 0.5) is 0 Å². The Morgan fingerprint density at radius 1 is 1.46 bits per heavy atom. The van der Waals surface area contributed by atoms with E-state index in [4.69, 9.17) is 5.11 Å². The average molecular weight is 179 g/mol. The number of hydrogen-bond donors (Lipinski definition) is 1. The standard InChI is InChI=1S/C9H9NO3/c1-5-8(6(2)11)7(9(12)13)3-4-10-5/h3-4H,1-2H3,(H,12,13). The monoisotopic (exact) mass is 179 g/mol. The number of nitrogens with zero attached hydrogens (tertiary/aromatic N) is 1. The maximum Gasteiger partial charge on any atom is 0.336 e. The molecule has 0 aromatic carbocycles. The van der Waals surface area contributed by atoms with Gasteiger partial charge in [-0.15, -0.1) is 0 Å². The van der Waals surface area contributed by atoms with Crippen LogP contribution >= 0.6 is 0 Å². The lowest BCUT2D eigenvalue weighted by molar-refractivity contribution is 0.0692. The van der Waals surface area contributed by atoms with Crippen LogP contribution in [0.5, 0.6) is 0 Å². The van der Waals surface area contributed by atoms with Gasteiger partial charge in [-0.1, -0.05) is 0 Å². The second-order valence-corrected chi connectivity index (χ2v) is 2.68. The summed E-state index contributed by atoms with van der Waals surface area (Å²) in [4.78, 5) is 25.6. The molecule has 0 radical (unpaired) electrons. The summed E-state index contributed by atoms with van der Waals surface area (Å²) in [5, 5.41) is 8.76. The Bertz CT molecular complexity index is 371. The number of ketones is 1. The van der Waals surface area contributed by atoms with Crippen LogP contribution in [-0.4, -0.2) is 21.8 Å². The molecule has 0 saturated heterocycles. The SMILES string of the molecule is CC(=O)c1c(C(=O)O)ccnc1C. The van der Waals surface area contributed by atoms with E-state index >= 15 is 0 Å². The number of carboxylic acids is 1. The third kappa shape index (κ3) is 1.72. The lowest BCUT2D eigenvalue weighted by atomic mass is 10.0. The molecule has 1 rings (SSSR count). The van der Waals surface area contributed by atoms with Crippen LogP contribution in [0.3, 0.4) is 0 Å². The Hall–Kier alpha value is -1.71. The Kier molecular flexibility index (Phi) is 2.41. The number of Topliss-reactive ketones (excluding diaryl/α,β-unsaturated/α-hetero) is 1. The number of hydrogen-bond acceptors (Lipinski definition) is 3. The van der Waals surface area contributed by atoms with Gasteiger partial charge in [0.2, 0.25) is 0 Å². The van der Waals surface area contributed by atoms with Crippen LogP contribution in [0, 0.1) is 6.92 Å². The first-order valence-corrected chi connectivity index (χ1v) is 3.74. The lowest BCUT2D eigenvalue weighted by Crippen LogP contribution is -2.09. The molecule has 0 atom stereocenters. The fourth-order valence-corrected chi connectivity index (χ4v) is 1.19. The summed E-state index contributed by atoms with van der Waals surface area (Å²) in [6.07, 6.45) is 1.38. The molecule has 0 aliphatic heterocycles. The quantitative estimate of drug-likeness (QED) is 0.694. The van der Waals surface area contributed by atoms with Gasteiger partial charge in [0.1, 0.15) is 0 Å². The minimum atomic E-state index is -1.10. The summed E-state index contributed by atoms with van der Waals surface area (Å²) >= 11 is 0. The number of carbonyl (C=O) groups excluding carboxylic acids is 1. The van der Waals surface area contributed by atoms with E-state index in [-0.39, 0.29) is 16.9 Å². The molecule has 0 fully saturated rings. The van der Waals surface area contributed by atoms with Crippen LogP contribution in [-0.2, 0) is 0 Å². The first-order chi connectivity index (χ1) is 6.04. The molecule has 0 amide bonds. The highest BCUT2D eigenvalue weighted by Gasteiger charge is 2.15. The highest BCUT2D eigenvalue weighted by Crippen LogP contribution is 2.12. The summed E-state index contributed by atoms with van der Waals surface area (Å²) in [7, 11) is 0. The first-order valence-electron chi connectivity index (χ1n) is 3.74. The van der Waals surface area contributed by atoms with Crippen molar-refractivity contribution >= 4 is 11.8 Å². The van der Waals surface area contributed by atoms with Gasteiger partial charge in [0.25, 0.3) is 0 Å². The minimum Gasteiger partial charge on any atom is -0.478 e. The van der Waals surface area contributed by atoms with E-state index in [9.17, 15) is 9.59 Å². The zero-order valence-corrected chi connectivity index (χ0v) is 7.37. The van der Waals surface area contributed by atoms with E-state index in [0.717, 1.165) is 0 Å². The van der Waals surface area contributed by atoms with Crippen molar-refractivity contribution in [1.82, 2.24) is 4.98 Å². The normalized spacial score (nSPS) is 9.69. The van der Waals surface area contributed by atoms with Gasteiger partial charge in [0, 0.05) is 11.9 Å². The third-order valence-corrected chi connectivity index (χ3v) is 1.72. The average Bonchev–Trinajstić information content (AvgIpc) is 2.02. The van der Waals surface area contributed by atoms with Gasteiger partial charge < -0.3 is 5.11 Å². The molecule has 0 saturated carbocycles. The smallest absolute Gasteiger partial charge is 0.336 e. The van der Waals surface area contributed by atoms with E-state index in [1.54, 1.807) is 6.92 Å². The predicted molar refractivity (Wildman–Crippen MR) is 45.9 cm³/mol. The van der Waals surface area contributed by atoms with Crippen LogP contribution < -0.4 is 0 Å². The predicted octanol–water partition coefficient (Wildman–Crippen LogP) is 1.29. The number of rotatable bonds is 2. The lowest BCUT2D eigenvalue weighted by Gasteiger charge is -2.03. The largest absolute Gasteiger partial charge is 0.478 e. The number of pyridine rings is 1. The summed E-state index contributed by atoms with van der Waals surface area (Å²) in [6, 6.07) is 1.33. The van der Waals surface area contributed by atoms with Gasteiger partial charge >= 0.3 is 5.97 Å². The molecule has 0 aliphatic rings. The van der Waals surface area contributed by atoms with Gasteiger partial charge in [0.05, 0.1) is 11.1 Å². The zero-order valence-electron chi connectivity index (χ0n) is 7.37. The second-order valence-electron chi connectivity index (χ2n) is 2.68. The fraction of sp³-hybridized carbons (Fsp3) is 0.222. The van der Waals surface area contributed by atoms with Crippen LogP contribution in [0.1, 0.15) is 33.3 Å². The van der Waals surface area contributed by atoms with Gasteiger partial charge in [-0.05, 0) is 19.9 Å². The Morgan fingerprint density at radius 3 is 2.46 bits per heavy atom. The fourth-order valence-electron chi connectivity index (χ4n) is 1.19. The summed E-state index contributed by atoms with van der Waals surface area (Å²) in [5.41, 5.74) is 0.655. The highest BCUT2D eigenvalue weighted by molar-refractivity contribution is 6.05. The van der Waals surface area contributed by atoms with Crippen LogP contribution in [0.2, 0.25) is 0 Å². The summed E-state index contributed by atoms with van der Waals surface area (Å²) < 4.78 is 0. The molecular formula is C9H9NO3. The van der Waals surface area contributed by atoms with Gasteiger partial charge in [-0.3, -0.25) is 9.78 Å². The van der Waals surface area contributed by atoms with E-state index in [1.807, 2.05) is 0 Å². The first kappa shape index (κ1) is 9.38. The molecule has 1 N–H and O–H groups in total. The van der Waals surface area contributed by atoms with E-state index in [0.29, 0.717) is 5.69 Å². The van der Waals surface area contributed by atoms with Crippen molar-refractivity contribution in [3.05, 3.63) is 29.1 Å². The van der Waals surface area contributed by atoms with Crippen molar-refractivity contribution in [1.29, 1.82) is 0 Å². The van der Waals surface area contributed by atoms with Crippen LogP contribution in [0.15, 0.2) is 12.3 Å². The van der Waals surface area contributed by atoms with Gasteiger partial charge in [-0.25, -0.2) is 4.79 Å². The highest BCUT2D eigenvalue weighted by atomic mass is 16.4. The Morgan fingerprint density at radius 2 is 2.08 bits per heavy atom. The molecule has 0 aliphatic carbocycles. The maximum atomic E-state index is 11.1. The van der Waals surface area contributed by atoms with Crippen molar-refractivity contribution in [3.8, 4) is 0 Å². The molecule has 68 valence electrons. The number of carbonyl (C=O) groups is 2. The molecule has 13 heavy (non-hydrogen) atoms. The molecule has 0 unspecified atom stereocenters. The topological polar surface area (TPSA) is 67.3 Å². The van der Waals surface area contributed by atoms with Gasteiger partial charge in [-0.2, -0.15) is 0 Å². The Labute approximate surface area is 75.2 Å². The second kappa shape index (κ2) is 3.35. The molecular weight excluding hydrogens is 170 g/mol. The number of aryl methyl sites for hydroxylation is 1. The summed E-state index contributed by atoms with van der Waals surface area (Å²) in [5.74, 6) is -1.38. The van der Waals surface area contributed by atoms with E-state index < -0.39 is 5.97 Å². The molecule has 1 aromatic heterocycles. The van der Waals surface area contributed by atoms with E-state index in [2.05, 4.69) is 4.98 Å². The van der Waals surface area contributed by atoms with Crippen molar-refractivity contribution < 1.29 is 14.7 Å². The number of aromatic nitrogens is 1. The summed E-state index contributed by atoms with van der Waals surface area (Å²) in [6.45, 7) is 2.94. The van der Waals surface area contributed by atoms with E-state index in [1.165, 1.54) is 19.2 Å². The van der Waals surface area contributed by atoms with Crippen LogP contribution in [0.25, 0.3) is 0 Å². The molecule has 0 bridgehead atoms. The van der Waals surface area contributed by atoms with Crippen molar-refractivity contribution in [2.45, 2.75) is 13.8 Å². The number of carboxylic acid groups (broad SMARTS) is 1. The molecule has 4 heteroatoms. The van der Waals surface area contributed by atoms with Crippen molar-refractivity contribution in [2.24, 2.45) is 0 Å². The minimum absolute atomic E-state index is 0.0139. The molecule has 1 heterocycles. The number of aromatic carboxylic acids is 1. The van der Waals surface area contributed by atoms with Gasteiger partial charge in [0.15, 0.2) is 5.78 Å². The molecule has 0 spiro atoms. The maximum absolute atomic E-state index is 11.1. The Balaban J connectivity index is 3.43. The third-order valence-electron chi connectivity index (χ3n) is 1.72. The molecule has 4 nitrogen and oxygen atoms in total. The zero-order chi connectivity index (χ0) is 10.0. The molecule has 1 aromatic rings. The van der Waals surface area contributed by atoms with Crippen molar-refractivity contribution in [2.75, 3.05) is 0 Å².